The van der Waals surface area contributed by atoms with E-state index in [1.807, 2.05) is 31.4 Å². The molecule has 1 N–H and O–H groups in total. The summed E-state index contributed by atoms with van der Waals surface area (Å²) < 4.78 is 0. The van der Waals surface area contributed by atoms with Gasteiger partial charge in [-0.3, -0.25) is 4.79 Å². The van der Waals surface area contributed by atoms with Crippen LogP contribution in [-0.2, 0) is 4.79 Å². The van der Waals surface area contributed by atoms with Crippen LogP contribution in [0, 0.1) is 6.92 Å². The van der Waals surface area contributed by atoms with E-state index in [-0.39, 0.29) is 12.5 Å². The summed E-state index contributed by atoms with van der Waals surface area (Å²) in [6.07, 6.45) is 4.60. The maximum atomic E-state index is 12.2. The molecule has 0 fully saturated rings. The van der Waals surface area contributed by atoms with E-state index < -0.39 is 0 Å². The predicted octanol–water partition coefficient (Wildman–Crippen LogP) is 2.01. The second-order valence-electron chi connectivity index (χ2n) is 4.39. The van der Waals surface area contributed by atoms with Gasteiger partial charge in [-0.25, -0.2) is 4.98 Å². The molecule has 0 aliphatic heterocycles. The van der Waals surface area contributed by atoms with Crippen LogP contribution in [0.3, 0.4) is 0 Å². The first-order valence-corrected chi connectivity index (χ1v) is 7.27. The van der Waals surface area contributed by atoms with E-state index in [1.165, 1.54) is 0 Å². The number of aliphatic hydroxyl groups is 1. The number of carbonyl (C=O) groups is 1. The minimum absolute atomic E-state index is 0.00156. The number of hydrogen-bond acceptors (Lipinski definition) is 4. The molecule has 102 valence electrons. The summed E-state index contributed by atoms with van der Waals surface area (Å²) in [5, 5.41) is 12.0. The molecule has 2 rings (SSSR count). The van der Waals surface area contributed by atoms with Crippen LogP contribution >= 0.6 is 11.3 Å². The highest BCUT2D eigenvalue weighted by Crippen LogP contribution is 2.28. The molecular weight excluding hydrogens is 260 g/mol. The Balaban J connectivity index is 2.10. The van der Waals surface area contributed by atoms with Gasteiger partial charge in [0.15, 0.2) is 0 Å². The summed E-state index contributed by atoms with van der Waals surface area (Å²) in [6, 6.07) is 0. The Morgan fingerprint density at radius 1 is 1.58 bits per heavy atom. The van der Waals surface area contributed by atoms with Gasteiger partial charge in [0.25, 0.3) is 0 Å². The summed E-state index contributed by atoms with van der Waals surface area (Å²) in [4.78, 5) is 18.3. The molecule has 1 heterocycles. The first kappa shape index (κ1) is 14.0. The summed E-state index contributed by atoms with van der Waals surface area (Å²) in [6.45, 7) is 4.89. The van der Waals surface area contributed by atoms with Gasteiger partial charge in [0.2, 0.25) is 5.91 Å². The van der Waals surface area contributed by atoms with Crippen LogP contribution in [0.5, 0.6) is 0 Å². The van der Waals surface area contributed by atoms with Gasteiger partial charge >= 0.3 is 0 Å². The van der Waals surface area contributed by atoms with Crippen molar-refractivity contribution in [2.75, 3.05) is 19.7 Å². The molecule has 0 saturated heterocycles. The Bertz CT molecular complexity index is 531. The fourth-order valence-corrected chi connectivity index (χ4v) is 2.70. The third-order valence-corrected chi connectivity index (χ3v) is 3.87. The maximum absolute atomic E-state index is 12.2. The van der Waals surface area contributed by atoms with Crippen molar-refractivity contribution in [2.45, 2.75) is 20.3 Å². The van der Waals surface area contributed by atoms with E-state index in [1.54, 1.807) is 16.2 Å². The molecule has 1 aliphatic carbocycles. The zero-order chi connectivity index (χ0) is 13.8. The minimum Gasteiger partial charge on any atom is -0.395 e. The highest BCUT2D eigenvalue weighted by atomic mass is 32.1. The van der Waals surface area contributed by atoms with Gasteiger partial charge in [0, 0.05) is 24.0 Å². The number of carbonyl (C=O) groups excluding carboxylic acids is 1. The number of rotatable bonds is 5. The summed E-state index contributed by atoms with van der Waals surface area (Å²) in [5.74, 6) is 0.00903. The molecule has 0 bridgehead atoms. The number of aromatic nitrogens is 1. The minimum atomic E-state index is -0.00156. The molecule has 0 radical (unpaired) electrons. The van der Waals surface area contributed by atoms with E-state index >= 15 is 0 Å². The van der Waals surface area contributed by atoms with Crippen molar-refractivity contribution in [3.63, 3.8) is 0 Å². The van der Waals surface area contributed by atoms with Crippen LogP contribution in [0.15, 0.2) is 23.1 Å². The Hall–Kier alpha value is -1.46. The monoisotopic (exact) mass is 278 g/mol. The second-order valence-corrected chi connectivity index (χ2v) is 5.46. The van der Waals surface area contributed by atoms with Gasteiger partial charge in [0.1, 0.15) is 0 Å². The average molecular weight is 278 g/mol. The van der Waals surface area contributed by atoms with Crippen molar-refractivity contribution in [3.8, 4) is 0 Å². The van der Waals surface area contributed by atoms with Crippen molar-refractivity contribution in [1.82, 2.24) is 9.88 Å². The number of hydrogen-bond donors (Lipinski definition) is 1. The first-order valence-electron chi connectivity index (χ1n) is 6.39. The number of nitrogens with zero attached hydrogens (tertiary/aromatic N) is 2. The molecule has 1 aliphatic rings. The Morgan fingerprint density at radius 3 is 2.95 bits per heavy atom. The van der Waals surface area contributed by atoms with Crippen molar-refractivity contribution < 1.29 is 9.90 Å². The number of aryl methyl sites for hydroxylation is 1. The molecule has 5 heteroatoms. The highest BCUT2D eigenvalue weighted by Gasteiger charge is 2.20. The van der Waals surface area contributed by atoms with E-state index in [0.717, 1.165) is 21.8 Å². The van der Waals surface area contributed by atoms with Crippen LogP contribution in [0.2, 0.25) is 0 Å². The standard InChI is InChI=1S/C14H18N2O2S/c1-3-16(6-7-17)14(18)12-5-4-11(8-12)13-9-19-10(2)15-13/h4,8-9,17H,3,5-7H2,1-2H3. The van der Waals surface area contributed by atoms with Crippen LogP contribution in [-0.4, -0.2) is 40.6 Å². The summed E-state index contributed by atoms with van der Waals surface area (Å²) in [5.41, 5.74) is 2.74. The van der Waals surface area contributed by atoms with Gasteiger partial charge in [-0.05, 0) is 31.9 Å². The van der Waals surface area contributed by atoms with Crippen molar-refractivity contribution >= 4 is 22.8 Å². The van der Waals surface area contributed by atoms with Gasteiger partial charge < -0.3 is 10.0 Å². The maximum Gasteiger partial charge on any atom is 0.250 e. The third-order valence-electron chi connectivity index (χ3n) is 3.10. The van der Waals surface area contributed by atoms with Gasteiger partial charge in [-0.15, -0.1) is 11.3 Å². The number of thiazole rings is 1. The fourth-order valence-electron chi connectivity index (χ4n) is 2.08. The quantitative estimate of drug-likeness (QED) is 0.896. The van der Waals surface area contributed by atoms with Crippen molar-refractivity contribution in [2.24, 2.45) is 0 Å². The number of allylic oxidation sites excluding steroid dienone is 3. The van der Waals surface area contributed by atoms with E-state index in [2.05, 4.69) is 4.98 Å². The molecule has 0 saturated carbocycles. The lowest BCUT2D eigenvalue weighted by molar-refractivity contribution is -0.127. The Kier molecular flexibility index (Phi) is 4.50. The van der Waals surface area contributed by atoms with Crippen molar-refractivity contribution in [1.29, 1.82) is 0 Å². The normalized spacial score (nSPS) is 14.3. The number of likely N-dealkylation sites (N-methyl/N-ethyl adjacent to an activating group) is 1. The fraction of sp³-hybridized carbons (Fsp3) is 0.429. The van der Waals surface area contributed by atoms with Crippen molar-refractivity contribution in [3.05, 3.63) is 33.8 Å². The van der Waals surface area contributed by atoms with E-state index in [0.29, 0.717) is 19.5 Å². The van der Waals surface area contributed by atoms with Gasteiger partial charge in [0.05, 0.1) is 17.3 Å². The largest absolute Gasteiger partial charge is 0.395 e. The lowest BCUT2D eigenvalue weighted by Gasteiger charge is -2.20. The molecule has 0 spiro atoms. The van der Waals surface area contributed by atoms with Crippen LogP contribution < -0.4 is 0 Å². The molecular formula is C14H18N2O2S. The van der Waals surface area contributed by atoms with Crippen LogP contribution in [0.4, 0.5) is 0 Å². The zero-order valence-corrected chi connectivity index (χ0v) is 12.0. The van der Waals surface area contributed by atoms with Crippen LogP contribution in [0.1, 0.15) is 24.0 Å². The number of amides is 1. The summed E-state index contributed by atoms with van der Waals surface area (Å²) in [7, 11) is 0. The lowest BCUT2D eigenvalue weighted by Crippen LogP contribution is -2.34. The Morgan fingerprint density at radius 2 is 2.37 bits per heavy atom. The summed E-state index contributed by atoms with van der Waals surface area (Å²) >= 11 is 1.61. The molecule has 19 heavy (non-hydrogen) atoms. The smallest absolute Gasteiger partial charge is 0.250 e. The zero-order valence-electron chi connectivity index (χ0n) is 11.2. The lowest BCUT2D eigenvalue weighted by atomic mass is 10.2. The molecule has 0 aromatic carbocycles. The Labute approximate surface area is 117 Å². The topological polar surface area (TPSA) is 53.4 Å². The van der Waals surface area contributed by atoms with Crippen LogP contribution in [0.25, 0.3) is 5.57 Å². The van der Waals surface area contributed by atoms with E-state index in [4.69, 9.17) is 5.11 Å². The van der Waals surface area contributed by atoms with E-state index in [9.17, 15) is 4.79 Å². The molecule has 1 aromatic rings. The van der Waals surface area contributed by atoms with Gasteiger partial charge in [-0.2, -0.15) is 0 Å². The molecule has 4 nitrogen and oxygen atoms in total. The predicted molar refractivity (Wildman–Crippen MR) is 76.9 cm³/mol. The third kappa shape index (κ3) is 3.11. The molecule has 0 unspecified atom stereocenters. The van der Waals surface area contributed by atoms with Gasteiger partial charge in [-0.1, -0.05) is 6.08 Å². The highest BCUT2D eigenvalue weighted by molar-refractivity contribution is 7.09. The molecule has 1 amide bonds. The molecule has 1 aromatic heterocycles. The number of aliphatic hydroxyl groups excluding tert-OH is 1. The second kappa shape index (κ2) is 6.12. The SMILES string of the molecule is CCN(CCO)C(=O)C1=CC(c2csc(C)n2)=CC1. The molecule has 0 atom stereocenters. The average Bonchev–Trinajstić information content (AvgIpc) is 3.03. The first-order chi connectivity index (χ1) is 9.15.